The van der Waals surface area contributed by atoms with E-state index in [1.165, 1.54) is 13.8 Å². The molecular weight excluding hydrogens is 258 g/mol. The summed E-state index contributed by atoms with van der Waals surface area (Å²) in [6.45, 7) is 4.86. The lowest BCUT2D eigenvalue weighted by Crippen LogP contribution is -2.29. The number of ether oxygens (including phenoxy) is 1. The highest BCUT2D eigenvalue weighted by Crippen LogP contribution is 2.11. The molecule has 0 bridgehead atoms. The fourth-order valence-corrected chi connectivity index (χ4v) is 1.55. The van der Waals surface area contributed by atoms with Crippen molar-refractivity contribution in [3.8, 4) is 0 Å². The van der Waals surface area contributed by atoms with Crippen LogP contribution in [0.3, 0.4) is 0 Å². The number of nitrogens with one attached hydrogen (secondary N) is 1. The van der Waals surface area contributed by atoms with Gasteiger partial charge < -0.3 is 10.1 Å². The van der Waals surface area contributed by atoms with Crippen molar-refractivity contribution in [1.29, 1.82) is 0 Å². The van der Waals surface area contributed by atoms with Gasteiger partial charge in [0.2, 0.25) is 0 Å². The predicted molar refractivity (Wildman–Crippen MR) is 75.5 cm³/mol. The second kappa shape index (κ2) is 7.43. The van der Waals surface area contributed by atoms with Crippen molar-refractivity contribution >= 4 is 23.3 Å². The van der Waals surface area contributed by atoms with Gasteiger partial charge in [-0.3, -0.25) is 14.4 Å². The standard InChI is InChI=1S/C15H19NO4/c1-4-5-14(18)20-11(3)15(19)16-13-8-6-12(7-9-13)10(2)17/h6-9,11H,4-5H2,1-3H3,(H,16,19)/t11-/m0/s1. The number of ketones is 1. The molecule has 0 aliphatic carbocycles. The summed E-state index contributed by atoms with van der Waals surface area (Å²) in [7, 11) is 0. The van der Waals surface area contributed by atoms with Crippen LogP contribution < -0.4 is 5.32 Å². The molecule has 0 unspecified atom stereocenters. The van der Waals surface area contributed by atoms with Gasteiger partial charge in [-0.1, -0.05) is 6.92 Å². The van der Waals surface area contributed by atoms with Crippen molar-refractivity contribution in [3.63, 3.8) is 0 Å². The lowest BCUT2D eigenvalue weighted by atomic mass is 10.1. The highest BCUT2D eigenvalue weighted by molar-refractivity contribution is 5.97. The van der Waals surface area contributed by atoms with Crippen molar-refractivity contribution < 1.29 is 19.1 Å². The quantitative estimate of drug-likeness (QED) is 0.640. The smallest absolute Gasteiger partial charge is 0.306 e. The largest absolute Gasteiger partial charge is 0.453 e. The zero-order valence-corrected chi connectivity index (χ0v) is 11.9. The monoisotopic (exact) mass is 277 g/mol. The van der Waals surface area contributed by atoms with E-state index in [0.29, 0.717) is 24.1 Å². The minimum Gasteiger partial charge on any atom is -0.453 e. The summed E-state index contributed by atoms with van der Waals surface area (Å²) in [4.78, 5) is 34.2. The van der Waals surface area contributed by atoms with E-state index in [4.69, 9.17) is 4.74 Å². The average Bonchev–Trinajstić information content (AvgIpc) is 2.39. The van der Waals surface area contributed by atoms with Crippen LogP contribution in [0.4, 0.5) is 5.69 Å². The molecular formula is C15H19NO4. The van der Waals surface area contributed by atoms with Crippen LogP contribution in [0.2, 0.25) is 0 Å². The number of hydrogen-bond donors (Lipinski definition) is 1. The van der Waals surface area contributed by atoms with Crippen molar-refractivity contribution in [2.75, 3.05) is 5.32 Å². The molecule has 20 heavy (non-hydrogen) atoms. The maximum absolute atomic E-state index is 11.8. The van der Waals surface area contributed by atoms with Gasteiger partial charge in [0.05, 0.1) is 0 Å². The Morgan fingerprint density at radius 1 is 1.20 bits per heavy atom. The van der Waals surface area contributed by atoms with Gasteiger partial charge in [-0.25, -0.2) is 0 Å². The fourth-order valence-electron chi connectivity index (χ4n) is 1.55. The first kappa shape index (κ1) is 15.9. The van der Waals surface area contributed by atoms with Crippen molar-refractivity contribution in [3.05, 3.63) is 29.8 Å². The van der Waals surface area contributed by atoms with Gasteiger partial charge in [-0.2, -0.15) is 0 Å². The van der Waals surface area contributed by atoms with E-state index >= 15 is 0 Å². The van der Waals surface area contributed by atoms with E-state index in [0.717, 1.165) is 0 Å². The molecule has 1 aromatic carbocycles. The maximum Gasteiger partial charge on any atom is 0.306 e. The molecule has 0 saturated heterocycles. The first-order chi connectivity index (χ1) is 9.43. The number of anilines is 1. The molecule has 1 N–H and O–H groups in total. The molecule has 1 atom stereocenters. The maximum atomic E-state index is 11.8. The normalized spacial score (nSPS) is 11.6. The summed E-state index contributed by atoms with van der Waals surface area (Å²) in [6, 6.07) is 6.53. The Morgan fingerprint density at radius 3 is 2.30 bits per heavy atom. The Hall–Kier alpha value is -2.17. The first-order valence-electron chi connectivity index (χ1n) is 6.55. The van der Waals surface area contributed by atoms with Gasteiger partial charge in [0.1, 0.15) is 0 Å². The van der Waals surface area contributed by atoms with Crippen LogP contribution in [-0.2, 0) is 14.3 Å². The zero-order valence-electron chi connectivity index (χ0n) is 11.9. The fraction of sp³-hybridized carbons (Fsp3) is 0.400. The number of benzene rings is 1. The Balaban J connectivity index is 2.57. The number of amides is 1. The number of Topliss-reactive ketones (excluding diaryl/α,β-unsaturated/α-hetero) is 1. The molecule has 0 heterocycles. The third-order valence-corrected chi connectivity index (χ3v) is 2.69. The molecule has 1 amide bonds. The summed E-state index contributed by atoms with van der Waals surface area (Å²) >= 11 is 0. The molecule has 5 nitrogen and oxygen atoms in total. The minimum atomic E-state index is -0.846. The summed E-state index contributed by atoms with van der Waals surface area (Å²) in [6.07, 6.45) is 0.131. The zero-order chi connectivity index (χ0) is 15.1. The van der Waals surface area contributed by atoms with Gasteiger partial charge in [0, 0.05) is 17.7 Å². The summed E-state index contributed by atoms with van der Waals surface area (Å²) in [5.74, 6) is -0.822. The van der Waals surface area contributed by atoms with Crippen LogP contribution in [0.15, 0.2) is 24.3 Å². The summed E-state index contributed by atoms with van der Waals surface area (Å²) in [5.41, 5.74) is 1.13. The molecule has 5 heteroatoms. The lowest BCUT2D eigenvalue weighted by molar-refractivity contribution is -0.153. The van der Waals surface area contributed by atoms with Crippen molar-refractivity contribution in [2.24, 2.45) is 0 Å². The third kappa shape index (κ3) is 4.84. The molecule has 0 aliphatic rings. The van der Waals surface area contributed by atoms with Crippen LogP contribution in [-0.4, -0.2) is 23.8 Å². The minimum absolute atomic E-state index is 0.0373. The molecule has 0 aliphatic heterocycles. The third-order valence-electron chi connectivity index (χ3n) is 2.69. The summed E-state index contributed by atoms with van der Waals surface area (Å²) in [5, 5.41) is 2.63. The molecule has 0 radical (unpaired) electrons. The van der Waals surface area contributed by atoms with E-state index in [9.17, 15) is 14.4 Å². The average molecular weight is 277 g/mol. The van der Waals surface area contributed by atoms with Gasteiger partial charge >= 0.3 is 5.97 Å². The number of carbonyl (C=O) groups excluding carboxylic acids is 3. The number of hydrogen-bond acceptors (Lipinski definition) is 4. The number of esters is 1. The van der Waals surface area contributed by atoms with E-state index in [1.54, 1.807) is 24.3 Å². The Labute approximate surface area is 118 Å². The van der Waals surface area contributed by atoms with E-state index < -0.39 is 12.0 Å². The van der Waals surface area contributed by atoms with Crippen LogP contribution in [0.1, 0.15) is 44.0 Å². The predicted octanol–water partition coefficient (Wildman–Crippen LogP) is 2.56. The van der Waals surface area contributed by atoms with Gasteiger partial charge in [-0.15, -0.1) is 0 Å². The molecule has 1 aromatic rings. The van der Waals surface area contributed by atoms with Gasteiger partial charge in [-0.05, 0) is 44.5 Å². The SMILES string of the molecule is CCCC(=O)O[C@@H](C)C(=O)Nc1ccc(C(C)=O)cc1. The first-order valence-corrected chi connectivity index (χ1v) is 6.55. The van der Waals surface area contributed by atoms with Crippen LogP contribution in [0, 0.1) is 0 Å². The highest BCUT2D eigenvalue weighted by atomic mass is 16.5. The second-order valence-electron chi connectivity index (χ2n) is 4.50. The molecule has 0 aromatic heterocycles. The highest BCUT2D eigenvalue weighted by Gasteiger charge is 2.17. The molecule has 0 saturated carbocycles. The van der Waals surface area contributed by atoms with Gasteiger partial charge in [0.25, 0.3) is 5.91 Å². The van der Waals surface area contributed by atoms with Crippen molar-refractivity contribution in [1.82, 2.24) is 0 Å². The van der Waals surface area contributed by atoms with Crippen LogP contribution >= 0.6 is 0 Å². The lowest BCUT2D eigenvalue weighted by Gasteiger charge is -2.13. The summed E-state index contributed by atoms with van der Waals surface area (Å²) < 4.78 is 4.98. The van der Waals surface area contributed by atoms with Crippen molar-refractivity contribution in [2.45, 2.75) is 39.7 Å². The Kier molecular flexibility index (Phi) is 5.90. The number of carbonyl (C=O) groups is 3. The Morgan fingerprint density at radius 2 is 1.80 bits per heavy atom. The second-order valence-corrected chi connectivity index (χ2v) is 4.50. The van der Waals surface area contributed by atoms with E-state index in [2.05, 4.69) is 5.32 Å². The van der Waals surface area contributed by atoms with E-state index in [1.807, 2.05) is 6.92 Å². The van der Waals surface area contributed by atoms with Gasteiger partial charge in [0.15, 0.2) is 11.9 Å². The molecule has 108 valence electrons. The van der Waals surface area contributed by atoms with Crippen LogP contribution in [0.5, 0.6) is 0 Å². The Bertz CT molecular complexity index is 493. The molecule has 1 rings (SSSR count). The number of rotatable bonds is 6. The van der Waals surface area contributed by atoms with E-state index in [-0.39, 0.29) is 11.8 Å². The topological polar surface area (TPSA) is 72.5 Å². The van der Waals surface area contributed by atoms with Crippen LogP contribution in [0.25, 0.3) is 0 Å². The molecule has 0 spiro atoms. The molecule has 0 fully saturated rings.